The summed E-state index contributed by atoms with van der Waals surface area (Å²) in [6, 6.07) is 9.07. The molecule has 0 aliphatic rings. The molecule has 0 atom stereocenters. The Hall–Kier alpha value is -1.29. The largest absolute Gasteiger partial charge is 0.303 e. The van der Waals surface area contributed by atoms with E-state index >= 15 is 0 Å². The van der Waals surface area contributed by atoms with Gasteiger partial charge in [-0.3, -0.25) is 0 Å². The molecule has 0 N–H and O–H groups in total. The fraction of sp³-hybridized carbons (Fsp3) is 0.500. The number of hydrogen-bond donors (Lipinski definition) is 0. The Balaban J connectivity index is 2.15. The molecule has 0 amide bonds. The molecule has 1 heterocycles. The Labute approximate surface area is 125 Å². The topological polar surface area (TPSA) is 30.7 Å². The minimum Gasteiger partial charge on any atom is -0.303 e. The molecule has 0 spiro atoms. The highest BCUT2D eigenvalue weighted by atomic mass is 32.2. The molecule has 0 aliphatic carbocycles. The Bertz CT molecular complexity index is 556. The van der Waals surface area contributed by atoms with E-state index in [1.165, 1.54) is 11.1 Å². The van der Waals surface area contributed by atoms with Crippen molar-refractivity contribution in [1.82, 2.24) is 14.8 Å². The van der Waals surface area contributed by atoms with Crippen molar-refractivity contribution >= 4 is 11.8 Å². The summed E-state index contributed by atoms with van der Waals surface area (Å²) in [7, 11) is 0. The number of aromatic nitrogens is 3. The van der Waals surface area contributed by atoms with Gasteiger partial charge in [0.2, 0.25) is 0 Å². The van der Waals surface area contributed by atoms with Crippen LogP contribution in [0.4, 0.5) is 0 Å². The van der Waals surface area contributed by atoms with Gasteiger partial charge in [0.25, 0.3) is 0 Å². The summed E-state index contributed by atoms with van der Waals surface area (Å²) in [5.41, 5.74) is 2.62. The highest BCUT2D eigenvalue weighted by Crippen LogP contribution is 2.27. The van der Waals surface area contributed by atoms with Gasteiger partial charge in [-0.1, -0.05) is 55.4 Å². The average molecular weight is 289 g/mol. The van der Waals surface area contributed by atoms with Crippen molar-refractivity contribution in [2.24, 2.45) is 0 Å². The van der Waals surface area contributed by atoms with Gasteiger partial charge in [0.05, 0.1) is 0 Å². The number of thioether (sulfide) groups is 1. The molecule has 4 heteroatoms. The van der Waals surface area contributed by atoms with Crippen LogP contribution in [0.15, 0.2) is 29.4 Å². The van der Waals surface area contributed by atoms with E-state index in [0.717, 1.165) is 16.7 Å². The summed E-state index contributed by atoms with van der Waals surface area (Å²) < 4.78 is 2.25. The van der Waals surface area contributed by atoms with Crippen LogP contribution in [0.5, 0.6) is 0 Å². The van der Waals surface area contributed by atoms with E-state index in [0.29, 0.717) is 12.0 Å². The summed E-state index contributed by atoms with van der Waals surface area (Å²) in [6.45, 7) is 10.8. The average Bonchev–Trinajstić information content (AvgIpc) is 2.82. The molecule has 0 radical (unpaired) electrons. The minimum absolute atomic E-state index is 0.392. The lowest BCUT2D eigenvalue weighted by Gasteiger charge is -2.15. The Morgan fingerprint density at radius 2 is 1.70 bits per heavy atom. The standard InChI is InChI=1S/C16H23N3S/c1-11(2)15-17-18-16(19(15)12(3)4)20-10-14-8-6-13(5)7-9-14/h6-9,11-12H,10H2,1-5H3. The highest BCUT2D eigenvalue weighted by Gasteiger charge is 2.17. The maximum Gasteiger partial charge on any atom is 0.191 e. The van der Waals surface area contributed by atoms with Gasteiger partial charge in [-0.2, -0.15) is 0 Å². The molecule has 20 heavy (non-hydrogen) atoms. The molecular weight excluding hydrogens is 266 g/mol. The van der Waals surface area contributed by atoms with E-state index in [2.05, 4.69) is 73.6 Å². The number of rotatable bonds is 5. The summed E-state index contributed by atoms with van der Waals surface area (Å²) in [4.78, 5) is 0. The van der Waals surface area contributed by atoms with Gasteiger partial charge in [-0.05, 0) is 26.3 Å². The Morgan fingerprint density at radius 1 is 1.05 bits per heavy atom. The molecule has 2 rings (SSSR count). The number of aryl methyl sites for hydroxylation is 1. The third kappa shape index (κ3) is 3.42. The van der Waals surface area contributed by atoms with E-state index in [1.54, 1.807) is 11.8 Å². The number of hydrogen-bond acceptors (Lipinski definition) is 3. The van der Waals surface area contributed by atoms with Gasteiger partial charge in [0.1, 0.15) is 5.82 Å². The second kappa shape index (κ2) is 6.44. The minimum atomic E-state index is 0.392. The summed E-state index contributed by atoms with van der Waals surface area (Å²) in [6.07, 6.45) is 0. The molecule has 0 fully saturated rings. The second-order valence-electron chi connectivity index (χ2n) is 5.73. The maximum atomic E-state index is 4.37. The molecule has 0 unspecified atom stereocenters. The van der Waals surface area contributed by atoms with Crippen LogP contribution in [0.2, 0.25) is 0 Å². The van der Waals surface area contributed by atoms with Crippen LogP contribution in [0.1, 0.15) is 56.6 Å². The molecule has 0 saturated heterocycles. The molecule has 108 valence electrons. The molecule has 0 aliphatic heterocycles. The lowest BCUT2D eigenvalue weighted by molar-refractivity contribution is 0.512. The van der Waals surface area contributed by atoms with Gasteiger partial charge in [0.15, 0.2) is 5.16 Å². The number of nitrogens with zero attached hydrogens (tertiary/aromatic N) is 3. The zero-order valence-electron chi connectivity index (χ0n) is 12.9. The molecule has 3 nitrogen and oxygen atoms in total. The van der Waals surface area contributed by atoms with Crippen molar-refractivity contribution in [3.63, 3.8) is 0 Å². The first-order valence-corrected chi connectivity index (χ1v) is 8.10. The van der Waals surface area contributed by atoms with Gasteiger partial charge in [-0.25, -0.2) is 0 Å². The van der Waals surface area contributed by atoms with Crippen LogP contribution in [-0.4, -0.2) is 14.8 Å². The van der Waals surface area contributed by atoms with E-state index in [9.17, 15) is 0 Å². The highest BCUT2D eigenvalue weighted by molar-refractivity contribution is 7.98. The molecule has 1 aromatic heterocycles. The van der Waals surface area contributed by atoms with E-state index in [1.807, 2.05) is 0 Å². The summed E-state index contributed by atoms with van der Waals surface area (Å²) in [5, 5.41) is 9.74. The maximum absolute atomic E-state index is 4.37. The van der Waals surface area contributed by atoms with Gasteiger partial charge < -0.3 is 4.57 Å². The fourth-order valence-corrected chi connectivity index (χ4v) is 3.13. The third-order valence-corrected chi connectivity index (χ3v) is 4.23. The van der Waals surface area contributed by atoms with Crippen LogP contribution in [-0.2, 0) is 5.75 Å². The van der Waals surface area contributed by atoms with Crippen LogP contribution in [0.3, 0.4) is 0 Å². The first-order valence-electron chi connectivity index (χ1n) is 7.12. The normalized spacial score (nSPS) is 11.6. The zero-order chi connectivity index (χ0) is 14.7. The van der Waals surface area contributed by atoms with E-state index < -0.39 is 0 Å². The molecule has 2 aromatic rings. The molecule has 0 bridgehead atoms. The second-order valence-corrected chi connectivity index (χ2v) is 6.68. The monoisotopic (exact) mass is 289 g/mol. The van der Waals surface area contributed by atoms with Gasteiger partial charge >= 0.3 is 0 Å². The fourth-order valence-electron chi connectivity index (χ4n) is 2.10. The van der Waals surface area contributed by atoms with Crippen LogP contribution in [0, 0.1) is 6.92 Å². The molecular formula is C16H23N3S. The van der Waals surface area contributed by atoms with Crippen molar-refractivity contribution in [3.05, 3.63) is 41.2 Å². The summed E-state index contributed by atoms with van der Waals surface area (Å²) in [5.74, 6) is 2.41. The predicted octanol–water partition coefficient (Wildman–Crippen LogP) is 4.58. The lowest BCUT2D eigenvalue weighted by Crippen LogP contribution is -2.09. The van der Waals surface area contributed by atoms with Gasteiger partial charge in [0, 0.05) is 17.7 Å². The van der Waals surface area contributed by atoms with Crippen molar-refractivity contribution in [2.45, 2.75) is 57.5 Å². The lowest BCUT2D eigenvalue weighted by atomic mass is 10.2. The Morgan fingerprint density at radius 3 is 2.25 bits per heavy atom. The van der Waals surface area contributed by atoms with Crippen molar-refractivity contribution in [3.8, 4) is 0 Å². The van der Waals surface area contributed by atoms with E-state index in [-0.39, 0.29) is 0 Å². The SMILES string of the molecule is Cc1ccc(CSc2nnc(C(C)C)n2C(C)C)cc1. The quantitative estimate of drug-likeness (QED) is 0.755. The first kappa shape index (κ1) is 15.1. The van der Waals surface area contributed by atoms with Gasteiger partial charge in [-0.15, -0.1) is 10.2 Å². The predicted molar refractivity (Wildman–Crippen MR) is 85.2 cm³/mol. The third-order valence-electron chi connectivity index (χ3n) is 3.21. The zero-order valence-corrected chi connectivity index (χ0v) is 13.7. The van der Waals surface area contributed by atoms with Crippen molar-refractivity contribution in [2.75, 3.05) is 0 Å². The van der Waals surface area contributed by atoms with Crippen LogP contribution >= 0.6 is 11.8 Å². The van der Waals surface area contributed by atoms with Crippen LogP contribution < -0.4 is 0 Å². The smallest absolute Gasteiger partial charge is 0.191 e. The first-order chi connectivity index (χ1) is 9.49. The van der Waals surface area contributed by atoms with E-state index in [4.69, 9.17) is 0 Å². The number of benzene rings is 1. The molecule has 1 aromatic carbocycles. The van der Waals surface area contributed by atoms with Crippen molar-refractivity contribution < 1.29 is 0 Å². The van der Waals surface area contributed by atoms with Crippen molar-refractivity contribution in [1.29, 1.82) is 0 Å². The summed E-state index contributed by atoms with van der Waals surface area (Å²) >= 11 is 1.76. The Kier molecular flexibility index (Phi) is 4.86. The molecule has 0 saturated carbocycles. The van der Waals surface area contributed by atoms with Crippen LogP contribution in [0.25, 0.3) is 0 Å².